The summed E-state index contributed by atoms with van der Waals surface area (Å²) in [6.45, 7) is 0. The second-order valence-corrected chi connectivity index (χ2v) is 9.93. The zero-order valence-electron chi connectivity index (χ0n) is 17.2. The van der Waals surface area contributed by atoms with Gasteiger partial charge in [-0.2, -0.15) is 5.10 Å². The summed E-state index contributed by atoms with van der Waals surface area (Å²) in [5.74, 6) is 1.03. The number of carbonyl (C=O) groups is 1. The molecule has 6 nitrogen and oxygen atoms in total. The first kappa shape index (κ1) is 21.0. The van der Waals surface area contributed by atoms with E-state index >= 15 is 0 Å². The topological polar surface area (TPSA) is 59.7 Å². The molecule has 1 aliphatic rings. The smallest absolute Gasteiger partial charge is 0.253 e. The van der Waals surface area contributed by atoms with Gasteiger partial charge in [-0.25, -0.2) is 9.99 Å². The van der Waals surface area contributed by atoms with E-state index in [1.807, 2.05) is 57.9 Å². The molecule has 32 heavy (non-hydrogen) atoms. The molecule has 0 N–H and O–H groups in total. The fraction of sp³-hybridized carbons (Fsp3) is 0.174. The molecule has 0 bridgehead atoms. The molecule has 0 aliphatic carbocycles. The van der Waals surface area contributed by atoms with Crippen LogP contribution in [0.5, 0.6) is 5.75 Å². The number of benzene rings is 1. The normalized spacial score (nSPS) is 15.7. The largest absolute Gasteiger partial charge is 0.497 e. The monoisotopic (exact) mass is 480 g/mol. The number of thioether (sulfide) groups is 1. The third-order valence-corrected chi connectivity index (χ3v) is 7.97. The first-order valence-corrected chi connectivity index (χ1v) is 12.7. The minimum atomic E-state index is -0.0541. The quantitative estimate of drug-likeness (QED) is 0.329. The van der Waals surface area contributed by atoms with Crippen molar-refractivity contribution >= 4 is 46.1 Å². The highest BCUT2D eigenvalue weighted by molar-refractivity contribution is 7.99. The van der Waals surface area contributed by atoms with Gasteiger partial charge in [0.2, 0.25) is 0 Å². The highest BCUT2D eigenvalue weighted by Crippen LogP contribution is 2.36. The molecule has 1 amide bonds. The molecule has 1 atom stereocenters. The summed E-state index contributed by atoms with van der Waals surface area (Å²) in [6, 6.07) is 15.9. The Kier molecular flexibility index (Phi) is 6.11. The summed E-state index contributed by atoms with van der Waals surface area (Å²) < 4.78 is 7.21. The van der Waals surface area contributed by atoms with Gasteiger partial charge in [0.05, 0.1) is 29.5 Å². The van der Waals surface area contributed by atoms with Gasteiger partial charge in [0.25, 0.3) is 5.91 Å². The molecule has 4 aromatic rings. The summed E-state index contributed by atoms with van der Waals surface area (Å²) in [6.07, 6.45) is 4.37. The van der Waals surface area contributed by atoms with E-state index < -0.39 is 0 Å². The Morgan fingerprint density at radius 2 is 1.97 bits per heavy atom. The Hall–Kier alpha value is -2.88. The van der Waals surface area contributed by atoms with E-state index in [1.54, 1.807) is 41.0 Å². The number of thiophene rings is 2. The molecule has 162 valence electrons. The van der Waals surface area contributed by atoms with Gasteiger partial charge in [0.1, 0.15) is 5.75 Å². The Labute approximate surface area is 198 Å². The van der Waals surface area contributed by atoms with E-state index in [9.17, 15) is 4.79 Å². The van der Waals surface area contributed by atoms with E-state index in [0.717, 1.165) is 38.5 Å². The van der Waals surface area contributed by atoms with Crippen LogP contribution in [0.3, 0.4) is 0 Å². The molecule has 0 saturated carbocycles. The number of imidazole rings is 1. The molecule has 4 heterocycles. The van der Waals surface area contributed by atoms with Crippen molar-refractivity contribution in [3.05, 3.63) is 81.4 Å². The zero-order valence-corrected chi connectivity index (χ0v) is 19.7. The molecule has 0 radical (unpaired) electrons. The lowest BCUT2D eigenvalue weighted by molar-refractivity contribution is -0.130. The number of nitrogens with zero attached hydrogens (tertiary/aromatic N) is 4. The average molecular weight is 481 g/mol. The average Bonchev–Trinajstić information content (AvgIpc) is 3.63. The maximum atomic E-state index is 13.2. The van der Waals surface area contributed by atoms with E-state index in [1.165, 1.54) is 11.8 Å². The van der Waals surface area contributed by atoms with Gasteiger partial charge in [-0.1, -0.05) is 23.9 Å². The van der Waals surface area contributed by atoms with Crippen molar-refractivity contribution in [2.75, 3.05) is 12.9 Å². The number of rotatable bonds is 7. The van der Waals surface area contributed by atoms with Crippen molar-refractivity contribution in [1.29, 1.82) is 0 Å². The van der Waals surface area contributed by atoms with Crippen molar-refractivity contribution in [3.63, 3.8) is 0 Å². The molecule has 0 saturated heterocycles. The fourth-order valence-electron chi connectivity index (χ4n) is 3.56. The molecule has 9 heteroatoms. The highest BCUT2D eigenvalue weighted by Gasteiger charge is 2.34. The van der Waals surface area contributed by atoms with Gasteiger partial charge in [-0.15, -0.1) is 22.7 Å². The number of hydrogen-bond donors (Lipinski definition) is 0. The third kappa shape index (κ3) is 4.23. The molecule has 0 spiro atoms. The molecule has 1 aromatic carbocycles. The van der Waals surface area contributed by atoms with Crippen LogP contribution in [0.25, 0.3) is 5.69 Å². The van der Waals surface area contributed by atoms with Crippen molar-refractivity contribution in [3.8, 4) is 11.4 Å². The van der Waals surface area contributed by atoms with E-state index in [0.29, 0.717) is 0 Å². The molecule has 0 fully saturated rings. The molecular weight excluding hydrogens is 460 g/mol. The fourth-order valence-corrected chi connectivity index (χ4v) is 5.92. The predicted molar refractivity (Wildman–Crippen MR) is 130 cm³/mol. The van der Waals surface area contributed by atoms with Crippen LogP contribution < -0.4 is 4.74 Å². The third-order valence-electron chi connectivity index (χ3n) is 5.13. The van der Waals surface area contributed by atoms with Crippen LogP contribution in [-0.2, 0) is 4.79 Å². The molecule has 3 aromatic heterocycles. The van der Waals surface area contributed by atoms with Gasteiger partial charge in [-0.05, 0) is 47.2 Å². The number of amides is 1. The van der Waals surface area contributed by atoms with Crippen LogP contribution >= 0.6 is 34.4 Å². The Morgan fingerprint density at radius 1 is 1.16 bits per heavy atom. The second kappa shape index (κ2) is 9.32. The van der Waals surface area contributed by atoms with Gasteiger partial charge in [0, 0.05) is 29.4 Å². The summed E-state index contributed by atoms with van der Waals surface area (Å²) in [4.78, 5) is 20.0. The number of hydrogen-bond acceptors (Lipinski definition) is 7. The SMILES string of the molecule is COc1ccc(-n2ccnc2SCC(=O)N2N=C(c3cccs3)CC2c2cccs2)cc1. The maximum Gasteiger partial charge on any atom is 0.253 e. The van der Waals surface area contributed by atoms with Crippen LogP contribution in [-0.4, -0.2) is 39.0 Å². The van der Waals surface area contributed by atoms with Gasteiger partial charge in [0.15, 0.2) is 5.16 Å². The maximum absolute atomic E-state index is 13.2. The molecular formula is C23H20N4O2S3. The Balaban J connectivity index is 1.33. The van der Waals surface area contributed by atoms with Crippen LogP contribution in [0.1, 0.15) is 22.2 Å². The van der Waals surface area contributed by atoms with Crippen molar-refractivity contribution in [2.24, 2.45) is 5.10 Å². The highest BCUT2D eigenvalue weighted by atomic mass is 32.2. The summed E-state index contributed by atoms with van der Waals surface area (Å²) in [7, 11) is 1.65. The minimum absolute atomic E-state index is 0.0239. The lowest BCUT2D eigenvalue weighted by Gasteiger charge is -2.20. The number of aromatic nitrogens is 2. The number of methoxy groups -OCH3 is 1. The van der Waals surface area contributed by atoms with Crippen molar-refractivity contribution < 1.29 is 9.53 Å². The minimum Gasteiger partial charge on any atom is -0.497 e. The van der Waals surface area contributed by atoms with Crippen LogP contribution in [0.15, 0.2) is 81.9 Å². The zero-order chi connectivity index (χ0) is 21.9. The molecule has 1 aliphatic heterocycles. The molecule has 5 rings (SSSR count). The Bertz CT molecular complexity index is 1210. The summed E-state index contributed by atoms with van der Waals surface area (Å²) in [5.41, 5.74) is 1.94. The van der Waals surface area contributed by atoms with Crippen LogP contribution in [0, 0.1) is 0 Å². The predicted octanol–water partition coefficient (Wildman–Crippen LogP) is 5.47. The lowest BCUT2D eigenvalue weighted by atomic mass is 10.1. The first-order valence-electron chi connectivity index (χ1n) is 10.0. The Morgan fingerprint density at radius 3 is 2.69 bits per heavy atom. The van der Waals surface area contributed by atoms with Crippen molar-refractivity contribution in [1.82, 2.24) is 14.6 Å². The first-order chi connectivity index (χ1) is 15.7. The number of hydrazone groups is 1. The summed E-state index contributed by atoms with van der Waals surface area (Å²) >= 11 is 4.73. The van der Waals surface area contributed by atoms with Crippen molar-refractivity contribution in [2.45, 2.75) is 17.6 Å². The summed E-state index contributed by atoms with van der Waals surface area (Å²) in [5, 5.41) is 11.2. The van der Waals surface area contributed by atoms with Gasteiger partial charge in [-0.3, -0.25) is 9.36 Å². The molecule has 1 unspecified atom stereocenters. The van der Waals surface area contributed by atoms with Crippen LogP contribution in [0.2, 0.25) is 0 Å². The van der Waals surface area contributed by atoms with E-state index in [-0.39, 0.29) is 17.7 Å². The van der Waals surface area contributed by atoms with E-state index in [4.69, 9.17) is 9.84 Å². The number of carbonyl (C=O) groups excluding carboxylic acids is 1. The lowest BCUT2D eigenvalue weighted by Crippen LogP contribution is -2.28. The van der Waals surface area contributed by atoms with E-state index in [2.05, 4.69) is 17.1 Å². The number of ether oxygens (including phenoxy) is 1. The second-order valence-electron chi connectivity index (χ2n) is 7.06. The van der Waals surface area contributed by atoms with Crippen LogP contribution in [0.4, 0.5) is 0 Å². The van der Waals surface area contributed by atoms with Gasteiger partial charge >= 0.3 is 0 Å². The van der Waals surface area contributed by atoms with Gasteiger partial charge < -0.3 is 4.74 Å². The standard InChI is InChI=1S/C23H20N4O2S3/c1-29-17-8-6-16(7-9-17)26-11-10-24-23(26)32-15-22(28)27-19(21-5-3-13-31-21)14-18(25-27)20-4-2-12-30-20/h2-13,19H,14-15H2,1H3.